The van der Waals surface area contributed by atoms with Crippen molar-refractivity contribution in [1.29, 1.82) is 0 Å². The minimum atomic E-state index is -0.867. The summed E-state index contributed by atoms with van der Waals surface area (Å²) in [6.45, 7) is 1.85. The van der Waals surface area contributed by atoms with E-state index in [0.717, 1.165) is 11.4 Å². The fourth-order valence-electron chi connectivity index (χ4n) is 2.46. The lowest BCUT2D eigenvalue weighted by Crippen LogP contribution is -2.35. The van der Waals surface area contributed by atoms with Crippen molar-refractivity contribution in [3.63, 3.8) is 0 Å². The largest absolute Gasteiger partial charge is 0.481 e. The lowest BCUT2D eigenvalue weighted by molar-refractivity contribution is -0.137. The van der Waals surface area contributed by atoms with Crippen LogP contribution in [0.5, 0.6) is 5.75 Å². The van der Waals surface area contributed by atoms with Crippen LogP contribution in [0.25, 0.3) is 5.69 Å². The first-order valence-electron chi connectivity index (χ1n) is 7.14. The molecule has 0 unspecified atom stereocenters. The average molecular weight is 316 g/mol. The number of nitrogens with zero attached hydrogens (tertiary/aromatic N) is 4. The normalized spacial score (nSPS) is 13.7. The van der Waals surface area contributed by atoms with Crippen LogP contribution < -0.4 is 9.64 Å². The van der Waals surface area contributed by atoms with Gasteiger partial charge in [0.25, 0.3) is 5.91 Å². The Kier molecular flexibility index (Phi) is 3.73. The van der Waals surface area contributed by atoms with Gasteiger partial charge in [0, 0.05) is 19.5 Å². The minimum Gasteiger partial charge on any atom is -0.481 e. The number of hydrogen-bond acceptors (Lipinski definition) is 5. The van der Waals surface area contributed by atoms with Crippen molar-refractivity contribution < 1.29 is 19.4 Å². The van der Waals surface area contributed by atoms with Crippen LogP contribution >= 0.6 is 0 Å². The van der Waals surface area contributed by atoms with Gasteiger partial charge in [0.15, 0.2) is 6.61 Å². The molecule has 0 atom stereocenters. The summed E-state index contributed by atoms with van der Waals surface area (Å²) in [5, 5.41) is 16.9. The Balaban J connectivity index is 1.91. The molecule has 0 saturated heterocycles. The van der Waals surface area contributed by atoms with Crippen LogP contribution in [0.3, 0.4) is 0 Å². The second kappa shape index (κ2) is 5.71. The molecule has 1 aliphatic rings. The Morgan fingerprint density at radius 3 is 2.96 bits per heavy atom. The van der Waals surface area contributed by atoms with Gasteiger partial charge in [-0.1, -0.05) is 5.21 Å². The minimum absolute atomic E-state index is 0.00710. The molecule has 8 heteroatoms. The summed E-state index contributed by atoms with van der Waals surface area (Å²) in [4.78, 5) is 23.8. The van der Waals surface area contributed by atoms with Crippen LogP contribution in [0.1, 0.15) is 17.8 Å². The fourth-order valence-corrected chi connectivity index (χ4v) is 2.46. The van der Waals surface area contributed by atoms with Crippen LogP contribution in [0.2, 0.25) is 0 Å². The molecule has 1 amide bonds. The van der Waals surface area contributed by atoms with Gasteiger partial charge >= 0.3 is 5.97 Å². The molecule has 0 aliphatic carbocycles. The topological polar surface area (TPSA) is 97.5 Å². The van der Waals surface area contributed by atoms with E-state index >= 15 is 0 Å². The number of amides is 1. The van der Waals surface area contributed by atoms with Crippen molar-refractivity contribution >= 4 is 17.6 Å². The molecule has 8 nitrogen and oxygen atoms in total. The van der Waals surface area contributed by atoms with Gasteiger partial charge in [-0.25, -0.2) is 4.68 Å². The molecule has 0 bridgehead atoms. The van der Waals surface area contributed by atoms with Crippen molar-refractivity contribution in [2.45, 2.75) is 19.8 Å². The second-order valence-electron chi connectivity index (χ2n) is 5.32. The van der Waals surface area contributed by atoms with Gasteiger partial charge in [0.05, 0.1) is 29.2 Å². The van der Waals surface area contributed by atoms with Crippen LogP contribution in [-0.4, -0.2) is 45.6 Å². The molecule has 1 aromatic carbocycles. The van der Waals surface area contributed by atoms with E-state index in [2.05, 4.69) is 10.3 Å². The molecule has 120 valence electrons. The van der Waals surface area contributed by atoms with E-state index < -0.39 is 5.97 Å². The first-order valence-corrected chi connectivity index (χ1v) is 7.14. The van der Waals surface area contributed by atoms with Gasteiger partial charge in [0.2, 0.25) is 0 Å². The maximum Gasteiger partial charge on any atom is 0.303 e. The average Bonchev–Trinajstić information content (AvgIpc) is 2.89. The molecule has 0 saturated carbocycles. The third kappa shape index (κ3) is 2.75. The number of benzene rings is 1. The van der Waals surface area contributed by atoms with Crippen LogP contribution in [0.4, 0.5) is 5.69 Å². The molecular weight excluding hydrogens is 300 g/mol. The van der Waals surface area contributed by atoms with Crippen molar-refractivity contribution in [2.24, 2.45) is 0 Å². The predicted octanol–water partition coefficient (Wildman–Crippen LogP) is 0.948. The molecule has 1 N–H and O–H groups in total. The van der Waals surface area contributed by atoms with E-state index in [9.17, 15) is 9.59 Å². The zero-order valence-electron chi connectivity index (χ0n) is 12.8. The maximum absolute atomic E-state index is 11.6. The smallest absolute Gasteiger partial charge is 0.303 e. The summed E-state index contributed by atoms with van der Waals surface area (Å²) in [7, 11) is 1.70. The maximum atomic E-state index is 11.6. The van der Waals surface area contributed by atoms with E-state index in [1.165, 1.54) is 0 Å². The predicted molar refractivity (Wildman–Crippen MR) is 81.0 cm³/mol. The third-order valence-corrected chi connectivity index (χ3v) is 3.84. The van der Waals surface area contributed by atoms with Gasteiger partial charge in [-0.3, -0.25) is 9.59 Å². The van der Waals surface area contributed by atoms with Crippen molar-refractivity contribution in [3.8, 4) is 11.4 Å². The Bertz CT molecular complexity index is 784. The number of carboxylic acids is 1. The summed E-state index contributed by atoms with van der Waals surface area (Å²) in [5.41, 5.74) is 2.89. The number of aryl methyl sites for hydroxylation is 1. The number of hydrogen-bond donors (Lipinski definition) is 1. The monoisotopic (exact) mass is 316 g/mol. The number of fused-ring (bicyclic) bond motifs is 1. The van der Waals surface area contributed by atoms with E-state index in [4.69, 9.17) is 9.84 Å². The van der Waals surface area contributed by atoms with Crippen molar-refractivity contribution in [2.75, 3.05) is 18.6 Å². The van der Waals surface area contributed by atoms with Gasteiger partial charge < -0.3 is 14.7 Å². The van der Waals surface area contributed by atoms with Gasteiger partial charge in [-0.2, -0.15) is 0 Å². The first-order chi connectivity index (χ1) is 11.0. The Hall–Kier alpha value is -2.90. The molecule has 2 heterocycles. The summed E-state index contributed by atoms with van der Waals surface area (Å²) in [5.74, 6) is -0.362. The zero-order valence-corrected chi connectivity index (χ0v) is 12.8. The highest BCUT2D eigenvalue weighted by Crippen LogP contribution is 2.33. The van der Waals surface area contributed by atoms with E-state index in [1.54, 1.807) is 28.8 Å². The molecular formula is C15H16N4O4. The van der Waals surface area contributed by atoms with E-state index in [1.807, 2.05) is 13.0 Å². The van der Waals surface area contributed by atoms with Crippen LogP contribution in [0, 0.1) is 6.92 Å². The molecule has 0 spiro atoms. The number of likely N-dealkylation sites (N-methyl/N-ethyl adjacent to an activating group) is 1. The van der Waals surface area contributed by atoms with Gasteiger partial charge in [-0.15, -0.1) is 5.10 Å². The number of carbonyl (C=O) groups is 2. The summed E-state index contributed by atoms with van der Waals surface area (Å²) < 4.78 is 7.10. The first kappa shape index (κ1) is 15.0. The Morgan fingerprint density at radius 2 is 2.22 bits per heavy atom. The molecule has 0 fully saturated rings. The summed E-state index contributed by atoms with van der Waals surface area (Å²) in [6, 6.07) is 5.40. The number of carbonyl (C=O) groups excluding carboxylic acids is 1. The van der Waals surface area contributed by atoms with E-state index in [-0.39, 0.29) is 18.9 Å². The van der Waals surface area contributed by atoms with Crippen molar-refractivity contribution in [1.82, 2.24) is 15.0 Å². The zero-order chi connectivity index (χ0) is 16.6. The Labute approximate surface area is 132 Å². The van der Waals surface area contributed by atoms with E-state index in [0.29, 0.717) is 23.6 Å². The quantitative estimate of drug-likeness (QED) is 0.902. The molecule has 2 aromatic rings. The molecule has 23 heavy (non-hydrogen) atoms. The highest BCUT2D eigenvalue weighted by molar-refractivity contribution is 5.97. The van der Waals surface area contributed by atoms with Crippen molar-refractivity contribution in [3.05, 3.63) is 29.6 Å². The number of anilines is 1. The molecule has 1 aromatic heterocycles. The lowest BCUT2D eigenvalue weighted by Gasteiger charge is -2.26. The number of rotatable bonds is 4. The highest BCUT2D eigenvalue weighted by atomic mass is 16.5. The number of aliphatic carboxylic acids is 1. The summed E-state index contributed by atoms with van der Waals surface area (Å²) in [6.07, 6.45) is 0.347. The molecule has 3 rings (SSSR count). The number of ether oxygens (including phenoxy) is 1. The Morgan fingerprint density at radius 1 is 1.43 bits per heavy atom. The highest BCUT2D eigenvalue weighted by Gasteiger charge is 2.23. The lowest BCUT2D eigenvalue weighted by atomic mass is 10.2. The number of aromatic nitrogens is 3. The van der Waals surface area contributed by atoms with Gasteiger partial charge in [0.1, 0.15) is 5.75 Å². The summed E-state index contributed by atoms with van der Waals surface area (Å²) >= 11 is 0. The second-order valence-corrected chi connectivity index (χ2v) is 5.32. The standard InChI is InChI=1S/C15H16N4O4/c1-9-11(4-6-15(21)22)16-17-19(9)10-3-5-12-13(7-10)23-8-14(20)18(12)2/h3,5,7H,4,6,8H2,1-2H3,(H,21,22). The van der Waals surface area contributed by atoms with Crippen LogP contribution in [0.15, 0.2) is 18.2 Å². The molecule has 0 radical (unpaired) electrons. The fraction of sp³-hybridized carbons (Fsp3) is 0.333. The third-order valence-electron chi connectivity index (χ3n) is 3.84. The SMILES string of the molecule is Cc1c(CCC(=O)O)nnn1-c1ccc2c(c1)OCC(=O)N2C. The number of carboxylic acid groups (broad SMARTS) is 1. The van der Waals surface area contributed by atoms with Crippen LogP contribution in [-0.2, 0) is 16.0 Å². The van der Waals surface area contributed by atoms with Gasteiger partial charge in [-0.05, 0) is 19.1 Å². The molecule has 1 aliphatic heterocycles.